The van der Waals surface area contributed by atoms with Gasteiger partial charge in [0.2, 0.25) is 0 Å². The highest BCUT2D eigenvalue weighted by atomic mass is 15.2. The highest BCUT2D eigenvalue weighted by molar-refractivity contribution is 5.89. The summed E-state index contributed by atoms with van der Waals surface area (Å²) in [7, 11) is 0. The summed E-state index contributed by atoms with van der Waals surface area (Å²) in [5.41, 5.74) is 22.7. The normalized spacial score (nSPS) is 13.4. The molecule has 0 heterocycles. The van der Waals surface area contributed by atoms with Crippen LogP contribution in [0.3, 0.4) is 0 Å². The van der Waals surface area contributed by atoms with Gasteiger partial charge in [0.25, 0.3) is 0 Å². The van der Waals surface area contributed by atoms with Crippen molar-refractivity contribution in [1.82, 2.24) is 0 Å². The van der Waals surface area contributed by atoms with Crippen LogP contribution >= 0.6 is 0 Å². The Morgan fingerprint density at radius 1 is 0.217 bits per heavy atom. The number of para-hydroxylation sites is 3. The van der Waals surface area contributed by atoms with Gasteiger partial charge >= 0.3 is 0 Å². The summed E-state index contributed by atoms with van der Waals surface area (Å²) in [5, 5.41) is 0. The van der Waals surface area contributed by atoms with Gasteiger partial charge in [-0.15, -0.1) is 0 Å². The van der Waals surface area contributed by atoms with Crippen molar-refractivity contribution in [2.24, 2.45) is 0 Å². The zero-order valence-electron chi connectivity index (χ0n) is 39.5. The summed E-state index contributed by atoms with van der Waals surface area (Å²) in [6.45, 7) is 9.41. The lowest BCUT2D eigenvalue weighted by atomic mass is 9.81. The van der Waals surface area contributed by atoms with Crippen molar-refractivity contribution in [1.29, 1.82) is 0 Å². The van der Waals surface area contributed by atoms with Crippen molar-refractivity contribution in [3.05, 3.63) is 271 Å². The zero-order chi connectivity index (χ0) is 46.7. The van der Waals surface area contributed by atoms with E-state index in [-0.39, 0.29) is 10.8 Å². The molecule has 10 aromatic rings. The Morgan fingerprint density at radius 3 is 0.986 bits per heavy atom. The molecule has 0 unspecified atom stereocenters. The van der Waals surface area contributed by atoms with Gasteiger partial charge in [-0.05, 0) is 159 Å². The van der Waals surface area contributed by atoms with E-state index in [1.807, 2.05) is 0 Å². The Morgan fingerprint density at radius 2 is 0.522 bits per heavy atom. The predicted octanol–water partition coefficient (Wildman–Crippen LogP) is 18.4. The fraction of sp³-hybridized carbons (Fsp3) is 0.0909. The van der Waals surface area contributed by atoms with Crippen molar-refractivity contribution in [3.8, 4) is 33.4 Å². The van der Waals surface area contributed by atoms with Crippen LogP contribution in [0.5, 0.6) is 0 Å². The zero-order valence-corrected chi connectivity index (χ0v) is 39.5. The molecule has 0 saturated carbocycles. The first-order chi connectivity index (χ1) is 33.7. The summed E-state index contributed by atoms with van der Waals surface area (Å²) in [4.78, 5) is 7.14. The maximum atomic E-state index is 2.41. The summed E-state index contributed by atoms with van der Waals surface area (Å²) in [6.07, 6.45) is 0. The van der Waals surface area contributed by atoms with Crippen LogP contribution < -0.4 is 14.7 Å². The van der Waals surface area contributed by atoms with Crippen LogP contribution in [0.1, 0.15) is 49.9 Å². The molecule has 332 valence electrons. The Hall–Kier alpha value is -8.40. The molecule has 0 spiro atoms. The maximum Gasteiger partial charge on any atom is 0.0482 e. The van der Waals surface area contributed by atoms with Crippen LogP contribution in [-0.4, -0.2) is 0 Å². The van der Waals surface area contributed by atoms with Crippen molar-refractivity contribution in [2.45, 2.75) is 38.5 Å². The second-order valence-electron chi connectivity index (χ2n) is 19.4. The molecular weight excluding hydrogens is 835 g/mol. The number of benzene rings is 10. The van der Waals surface area contributed by atoms with Crippen LogP contribution in [0.15, 0.2) is 249 Å². The molecular formula is C66H53N3. The van der Waals surface area contributed by atoms with Crippen molar-refractivity contribution >= 4 is 51.2 Å². The Balaban J connectivity index is 0.991. The topological polar surface area (TPSA) is 9.72 Å². The van der Waals surface area contributed by atoms with E-state index in [0.717, 1.165) is 51.2 Å². The average molecular weight is 888 g/mol. The van der Waals surface area contributed by atoms with E-state index in [1.54, 1.807) is 0 Å². The molecule has 0 radical (unpaired) electrons. The van der Waals surface area contributed by atoms with Crippen LogP contribution in [0.2, 0.25) is 0 Å². The van der Waals surface area contributed by atoms with E-state index in [4.69, 9.17) is 0 Å². The van der Waals surface area contributed by atoms with E-state index < -0.39 is 0 Å². The van der Waals surface area contributed by atoms with Gasteiger partial charge in [0.05, 0.1) is 0 Å². The van der Waals surface area contributed by atoms with Crippen molar-refractivity contribution < 1.29 is 0 Å². The van der Waals surface area contributed by atoms with Gasteiger partial charge in [-0.3, -0.25) is 0 Å². The average Bonchev–Trinajstić information content (AvgIpc) is 3.77. The van der Waals surface area contributed by atoms with E-state index in [1.165, 1.54) is 55.6 Å². The van der Waals surface area contributed by atoms with Gasteiger partial charge in [-0.2, -0.15) is 0 Å². The molecule has 0 amide bonds. The molecule has 0 bridgehead atoms. The summed E-state index contributed by atoms with van der Waals surface area (Å²) < 4.78 is 0. The predicted molar refractivity (Wildman–Crippen MR) is 291 cm³/mol. The second kappa shape index (κ2) is 16.7. The van der Waals surface area contributed by atoms with E-state index in [0.29, 0.717) is 0 Å². The SMILES string of the molecule is CC1(C)c2ccccc2-c2ccc(-c3ccc(N(c4cccc(N(c5ccccc5)c5ccccc5)c4)c4cccc(N(c5ccccc5)c5ccc6c(c5)C(C)(C)c5ccccc5-6)c4)cc3)cc21. The third-order valence-electron chi connectivity index (χ3n) is 14.6. The van der Waals surface area contributed by atoms with Gasteiger partial charge in [-0.25, -0.2) is 0 Å². The number of rotatable bonds is 10. The summed E-state index contributed by atoms with van der Waals surface area (Å²) in [6, 6.07) is 90.9. The van der Waals surface area contributed by atoms with Gasteiger partial charge in [0.15, 0.2) is 0 Å². The van der Waals surface area contributed by atoms with Gasteiger partial charge < -0.3 is 14.7 Å². The molecule has 0 atom stereocenters. The maximum absolute atomic E-state index is 2.41. The third kappa shape index (κ3) is 7.21. The molecule has 3 heteroatoms. The van der Waals surface area contributed by atoms with Gasteiger partial charge in [0.1, 0.15) is 0 Å². The fourth-order valence-corrected chi connectivity index (χ4v) is 11.1. The number of hydrogen-bond acceptors (Lipinski definition) is 3. The van der Waals surface area contributed by atoms with Crippen LogP contribution in [-0.2, 0) is 10.8 Å². The molecule has 2 aliphatic rings. The van der Waals surface area contributed by atoms with Crippen LogP contribution in [0, 0.1) is 0 Å². The fourth-order valence-electron chi connectivity index (χ4n) is 11.1. The van der Waals surface area contributed by atoms with E-state index >= 15 is 0 Å². The van der Waals surface area contributed by atoms with Gasteiger partial charge in [-0.1, -0.05) is 173 Å². The summed E-state index contributed by atoms with van der Waals surface area (Å²) in [5.74, 6) is 0. The highest BCUT2D eigenvalue weighted by Gasteiger charge is 2.37. The van der Waals surface area contributed by atoms with Crippen molar-refractivity contribution in [2.75, 3.05) is 14.7 Å². The van der Waals surface area contributed by atoms with E-state index in [9.17, 15) is 0 Å². The molecule has 2 aliphatic carbocycles. The number of anilines is 9. The number of fused-ring (bicyclic) bond motifs is 6. The summed E-state index contributed by atoms with van der Waals surface area (Å²) >= 11 is 0. The number of nitrogens with zero attached hydrogens (tertiary/aromatic N) is 3. The largest absolute Gasteiger partial charge is 0.310 e. The first-order valence-electron chi connectivity index (χ1n) is 24.1. The first kappa shape index (κ1) is 42.0. The molecule has 69 heavy (non-hydrogen) atoms. The molecule has 10 aromatic carbocycles. The molecule has 0 aliphatic heterocycles. The Bertz CT molecular complexity index is 3460. The molecule has 0 fully saturated rings. The minimum absolute atomic E-state index is 0.0727. The lowest BCUT2D eigenvalue weighted by Gasteiger charge is -2.31. The van der Waals surface area contributed by atoms with Gasteiger partial charge in [0, 0.05) is 62.0 Å². The molecule has 0 aromatic heterocycles. The molecule has 0 N–H and O–H groups in total. The minimum atomic E-state index is -0.130. The Labute approximate surface area is 406 Å². The lowest BCUT2D eigenvalue weighted by Crippen LogP contribution is -2.17. The molecule has 12 rings (SSSR count). The van der Waals surface area contributed by atoms with E-state index in [2.05, 4.69) is 291 Å². The van der Waals surface area contributed by atoms with Crippen LogP contribution in [0.25, 0.3) is 33.4 Å². The highest BCUT2D eigenvalue weighted by Crippen LogP contribution is 2.52. The number of hydrogen-bond donors (Lipinski definition) is 0. The first-order valence-corrected chi connectivity index (χ1v) is 24.1. The monoisotopic (exact) mass is 887 g/mol. The lowest BCUT2D eigenvalue weighted by molar-refractivity contribution is 0.660. The molecule has 3 nitrogen and oxygen atoms in total. The Kier molecular flexibility index (Phi) is 10.2. The van der Waals surface area contributed by atoms with Crippen molar-refractivity contribution in [3.63, 3.8) is 0 Å². The second-order valence-corrected chi connectivity index (χ2v) is 19.4. The molecule has 0 saturated heterocycles. The third-order valence-corrected chi connectivity index (χ3v) is 14.6. The quantitative estimate of drug-likeness (QED) is 0.135. The van der Waals surface area contributed by atoms with Crippen LogP contribution in [0.4, 0.5) is 51.2 Å². The smallest absolute Gasteiger partial charge is 0.0482 e. The minimum Gasteiger partial charge on any atom is -0.310 e. The standard InChI is InChI=1S/C66H53N3/c1-65(2)61-32-16-14-30-57(61)59-40-36-47(42-63(59)65)46-34-37-51(38-35-46)69(54-28-18-26-52(43-54)67(48-20-8-5-9-21-48)49-22-10-6-11-23-49)55-29-19-27-53(44-55)68(50-24-12-7-13-25-50)56-39-41-60-58-31-15-17-33-62(58)66(3,4)64(60)45-56/h5-45H,1-4H3.